The summed E-state index contributed by atoms with van der Waals surface area (Å²) in [6, 6.07) is 12.7. The van der Waals surface area contributed by atoms with Crippen molar-refractivity contribution in [3.8, 4) is 0 Å². The van der Waals surface area contributed by atoms with Crippen molar-refractivity contribution < 1.29 is 16.8 Å². The van der Waals surface area contributed by atoms with Gasteiger partial charge in [0.25, 0.3) is 0 Å². The fraction of sp³-hybridized carbons (Fsp3) is 0.294. The van der Waals surface area contributed by atoms with Crippen molar-refractivity contribution in [2.24, 2.45) is 0 Å². The highest BCUT2D eigenvalue weighted by molar-refractivity contribution is 9.10. The number of hydrogen-bond donors (Lipinski definition) is 1. The van der Waals surface area contributed by atoms with Crippen LogP contribution >= 0.6 is 15.9 Å². The van der Waals surface area contributed by atoms with Gasteiger partial charge >= 0.3 is 0 Å². The van der Waals surface area contributed by atoms with Gasteiger partial charge in [0.05, 0.1) is 9.79 Å². The molecule has 0 spiro atoms. The molecule has 1 aliphatic rings. The molecule has 2 aromatic carbocycles. The molecule has 9 heteroatoms. The second kappa shape index (κ2) is 7.77. The van der Waals surface area contributed by atoms with Gasteiger partial charge in [-0.15, -0.1) is 0 Å². The van der Waals surface area contributed by atoms with Crippen molar-refractivity contribution in [1.82, 2.24) is 9.03 Å². The Balaban J connectivity index is 1.69. The summed E-state index contributed by atoms with van der Waals surface area (Å²) in [6.07, 6.45) is 1.77. The zero-order chi connectivity index (χ0) is 18.8. The third-order valence-corrected chi connectivity index (χ3v) is 8.08. The molecule has 0 atom stereocenters. The second-order valence-corrected chi connectivity index (χ2v) is 10.7. The first-order valence-corrected chi connectivity index (χ1v) is 11.8. The van der Waals surface area contributed by atoms with Gasteiger partial charge in [-0.1, -0.05) is 28.1 Å². The van der Waals surface area contributed by atoms with Gasteiger partial charge in [-0.25, -0.2) is 21.6 Å². The maximum atomic E-state index is 12.5. The normalized spacial score (nSPS) is 16.0. The molecule has 0 bridgehead atoms. The van der Waals surface area contributed by atoms with Gasteiger partial charge in [-0.3, -0.25) is 0 Å². The molecule has 1 N–H and O–H groups in total. The molecule has 0 aliphatic carbocycles. The van der Waals surface area contributed by atoms with E-state index in [2.05, 4.69) is 20.7 Å². The largest absolute Gasteiger partial charge is 0.243 e. The lowest BCUT2D eigenvalue weighted by molar-refractivity contribution is 0.477. The van der Waals surface area contributed by atoms with Gasteiger partial charge < -0.3 is 0 Å². The highest BCUT2D eigenvalue weighted by Gasteiger charge is 2.26. The van der Waals surface area contributed by atoms with Crippen molar-refractivity contribution in [2.45, 2.75) is 29.2 Å². The number of benzene rings is 2. The number of hydrogen-bond acceptors (Lipinski definition) is 4. The number of nitrogens with zero attached hydrogens (tertiary/aromatic N) is 1. The quantitative estimate of drug-likeness (QED) is 0.720. The number of halogens is 1. The van der Waals surface area contributed by atoms with Crippen LogP contribution in [0.1, 0.15) is 18.4 Å². The predicted molar refractivity (Wildman–Crippen MR) is 103 cm³/mol. The van der Waals surface area contributed by atoms with E-state index in [0.717, 1.165) is 17.3 Å². The van der Waals surface area contributed by atoms with Crippen molar-refractivity contribution in [1.29, 1.82) is 0 Å². The highest BCUT2D eigenvalue weighted by atomic mass is 79.9. The summed E-state index contributed by atoms with van der Waals surface area (Å²) in [5, 5.41) is 0. The van der Waals surface area contributed by atoms with Crippen molar-refractivity contribution in [3.63, 3.8) is 0 Å². The minimum Gasteiger partial charge on any atom is -0.207 e. The van der Waals surface area contributed by atoms with Crippen LogP contribution in [0, 0.1) is 0 Å². The van der Waals surface area contributed by atoms with Crippen LogP contribution < -0.4 is 4.72 Å². The van der Waals surface area contributed by atoms with E-state index in [0.29, 0.717) is 18.7 Å². The van der Waals surface area contributed by atoms with Crippen LogP contribution in [0.4, 0.5) is 0 Å². The summed E-state index contributed by atoms with van der Waals surface area (Å²) in [4.78, 5) is 0.410. The molecule has 0 amide bonds. The maximum absolute atomic E-state index is 12.5. The first-order valence-electron chi connectivity index (χ1n) is 8.13. The molecule has 1 heterocycles. The third-order valence-electron chi connectivity index (χ3n) is 4.22. The summed E-state index contributed by atoms with van der Waals surface area (Å²) in [5.74, 6) is 0. The maximum Gasteiger partial charge on any atom is 0.243 e. The van der Waals surface area contributed by atoms with E-state index in [4.69, 9.17) is 0 Å². The van der Waals surface area contributed by atoms with E-state index >= 15 is 0 Å². The molecule has 140 valence electrons. The van der Waals surface area contributed by atoms with Crippen LogP contribution in [0.5, 0.6) is 0 Å². The smallest absolute Gasteiger partial charge is 0.207 e. The molecule has 26 heavy (non-hydrogen) atoms. The average Bonchev–Trinajstić information content (AvgIpc) is 3.16. The number of nitrogens with one attached hydrogen (secondary N) is 1. The molecule has 2 aromatic rings. The summed E-state index contributed by atoms with van der Waals surface area (Å²) in [5.41, 5.74) is 0.686. The Kier molecular flexibility index (Phi) is 5.83. The highest BCUT2D eigenvalue weighted by Crippen LogP contribution is 2.21. The molecule has 1 aliphatic heterocycles. The van der Waals surface area contributed by atoms with E-state index in [1.807, 2.05) is 0 Å². The SMILES string of the molecule is O=S(=O)(NCc1ccc(S(=O)(=O)N2CCCC2)cc1)c1ccc(Br)cc1. The summed E-state index contributed by atoms with van der Waals surface area (Å²) >= 11 is 3.27. The van der Waals surface area contributed by atoms with Crippen LogP contribution in [-0.4, -0.2) is 34.2 Å². The Labute approximate surface area is 162 Å². The minimum atomic E-state index is -3.62. The van der Waals surface area contributed by atoms with Crippen LogP contribution in [0.2, 0.25) is 0 Å². The van der Waals surface area contributed by atoms with Gasteiger partial charge in [-0.05, 0) is 54.8 Å². The number of rotatable bonds is 6. The molecule has 0 aromatic heterocycles. The summed E-state index contributed by atoms with van der Waals surface area (Å²) < 4.78 is 54.4. The molecule has 0 radical (unpaired) electrons. The van der Waals surface area contributed by atoms with Gasteiger partial charge in [0.15, 0.2) is 0 Å². The lowest BCUT2D eigenvalue weighted by Gasteiger charge is -2.15. The molecule has 0 saturated carbocycles. The second-order valence-electron chi connectivity index (χ2n) is 6.03. The van der Waals surface area contributed by atoms with Crippen LogP contribution in [0.3, 0.4) is 0 Å². The molecule has 1 saturated heterocycles. The van der Waals surface area contributed by atoms with E-state index in [9.17, 15) is 16.8 Å². The van der Waals surface area contributed by atoms with Crippen LogP contribution in [0.15, 0.2) is 62.8 Å². The Morgan fingerprint density at radius 3 is 1.96 bits per heavy atom. The minimum absolute atomic E-state index is 0.0858. The Hall–Kier alpha value is -1.26. The Morgan fingerprint density at radius 2 is 1.38 bits per heavy atom. The van der Waals surface area contributed by atoms with Crippen molar-refractivity contribution in [3.05, 3.63) is 58.6 Å². The molecule has 6 nitrogen and oxygen atoms in total. The van der Waals surface area contributed by atoms with Gasteiger partial charge in [0.1, 0.15) is 0 Å². The van der Waals surface area contributed by atoms with E-state index in [-0.39, 0.29) is 16.3 Å². The average molecular weight is 459 g/mol. The topological polar surface area (TPSA) is 83.5 Å². The van der Waals surface area contributed by atoms with Gasteiger partial charge in [0.2, 0.25) is 20.0 Å². The molecule has 1 fully saturated rings. The summed E-state index contributed by atoms with van der Waals surface area (Å²) in [6.45, 7) is 1.19. The standard InChI is InChI=1S/C17H19BrN2O4S2/c18-15-5-9-16(10-6-15)25(21,22)19-13-14-3-7-17(8-4-14)26(23,24)20-11-1-2-12-20/h3-10,19H,1-2,11-13H2. The first-order chi connectivity index (χ1) is 12.3. The Bertz CT molecular complexity index is 966. The lowest BCUT2D eigenvalue weighted by Crippen LogP contribution is -2.28. The number of sulfonamides is 2. The fourth-order valence-corrected chi connectivity index (χ4v) is 5.53. The first kappa shape index (κ1) is 19.5. The van der Waals surface area contributed by atoms with Crippen LogP contribution in [-0.2, 0) is 26.6 Å². The molecule has 3 rings (SSSR count). The fourth-order valence-electron chi connectivity index (χ4n) is 2.73. The zero-order valence-electron chi connectivity index (χ0n) is 13.9. The van der Waals surface area contributed by atoms with Crippen molar-refractivity contribution >= 4 is 36.0 Å². The lowest BCUT2D eigenvalue weighted by atomic mass is 10.2. The zero-order valence-corrected chi connectivity index (χ0v) is 17.1. The van der Waals surface area contributed by atoms with E-state index in [1.54, 1.807) is 24.3 Å². The van der Waals surface area contributed by atoms with E-state index in [1.165, 1.54) is 28.6 Å². The molecular weight excluding hydrogens is 440 g/mol. The van der Waals surface area contributed by atoms with Crippen molar-refractivity contribution in [2.75, 3.05) is 13.1 Å². The molecule has 0 unspecified atom stereocenters. The summed E-state index contributed by atoms with van der Waals surface area (Å²) in [7, 11) is -7.08. The van der Waals surface area contributed by atoms with Crippen LogP contribution in [0.25, 0.3) is 0 Å². The monoisotopic (exact) mass is 458 g/mol. The van der Waals surface area contributed by atoms with Gasteiger partial charge in [-0.2, -0.15) is 4.31 Å². The predicted octanol–water partition coefficient (Wildman–Crippen LogP) is 2.71. The van der Waals surface area contributed by atoms with E-state index < -0.39 is 20.0 Å². The Morgan fingerprint density at radius 1 is 0.846 bits per heavy atom. The third kappa shape index (κ3) is 4.34. The van der Waals surface area contributed by atoms with Gasteiger partial charge in [0, 0.05) is 24.1 Å². The molecular formula is C17H19BrN2O4S2.